The fourth-order valence-corrected chi connectivity index (χ4v) is 5.28. The summed E-state index contributed by atoms with van der Waals surface area (Å²) in [5.74, 6) is -2.89. The molecule has 1 saturated heterocycles. The number of carbonyl (C=O) groups excluding carboxylic acids is 4. The summed E-state index contributed by atoms with van der Waals surface area (Å²) in [6, 6.07) is 10.6. The number of nitrogens with zero attached hydrogens (tertiary/aromatic N) is 2. The molecular weight excluding hydrogens is 487 g/mol. The van der Waals surface area contributed by atoms with E-state index in [-0.39, 0.29) is 21.2 Å². The van der Waals surface area contributed by atoms with Crippen LogP contribution in [0.15, 0.2) is 42.5 Å². The molecule has 0 bridgehead atoms. The molecule has 0 aromatic heterocycles. The van der Waals surface area contributed by atoms with E-state index in [1.54, 1.807) is 12.1 Å². The summed E-state index contributed by atoms with van der Waals surface area (Å²) < 4.78 is 0. The van der Waals surface area contributed by atoms with Crippen molar-refractivity contribution in [1.82, 2.24) is 10.0 Å². The smallest absolute Gasteiger partial charge is 0.274 e. The molecule has 172 valence electrons. The lowest BCUT2D eigenvalue weighted by molar-refractivity contribution is -0.154. The molecule has 4 rings (SSSR count). The number of ketones is 1. The van der Waals surface area contributed by atoms with E-state index in [1.165, 1.54) is 30.3 Å². The topological polar surface area (TPSA) is 74.8 Å². The van der Waals surface area contributed by atoms with Crippen LogP contribution in [-0.4, -0.2) is 40.1 Å². The van der Waals surface area contributed by atoms with Gasteiger partial charge in [0.25, 0.3) is 17.7 Å². The van der Waals surface area contributed by atoms with E-state index in [0.717, 1.165) is 16.4 Å². The lowest BCUT2D eigenvalue weighted by Crippen LogP contribution is -2.52. The van der Waals surface area contributed by atoms with Crippen molar-refractivity contribution in [2.75, 3.05) is 6.54 Å². The molecule has 0 radical (unpaired) electrons. The Kier molecular flexibility index (Phi) is 6.80. The molecule has 2 fully saturated rings. The average Bonchev–Trinajstić information content (AvgIpc) is 3.01. The molecule has 0 N–H and O–H groups in total. The van der Waals surface area contributed by atoms with Crippen LogP contribution in [0.2, 0.25) is 15.1 Å². The van der Waals surface area contributed by atoms with Crippen molar-refractivity contribution < 1.29 is 19.2 Å². The number of Topliss-reactive ketones (excluding diaryl/α,β-unsaturated/α-hetero) is 1. The highest BCUT2D eigenvalue weighted by Gasteiger charge is 2.53. The zero-order chi connectivity index (χ0) is 23.9. The Morgan fingerprint density at radius 3 is 2.33 bits per heavy atom. The third-order valence-corrected chi connectivity index (χ3v) is 7.15. The van der Waals surface area contributed by atoms with Gasteiger partial charge in [-0.1, -0.05) is 53.9 Å². The second kappa shape index (κ2) is 9.45. The Labute approximate surface area is 206 Å². The van der Waals surface area contributed by atoms with Crippen molar-refractivity contribution in [1.29, 1.82) is 0 Å². The van der Waals surface area contributed by atoms with Gasteiger partial charge in [0.2, 0.25) is 0 Å². The van der Waals surface area contributed by atoms with Gasteiger partial charge in [-0.15, -0.1) is 0 Å². The minimum absolute atomic E-state index is 0.0815. The van der Waals surface area contributed by atoms with E-state index in [2.05, 4.69) is 0 Å². The van der Waals surface area contributed by atoms with E-state index in [4.69, 9.17) is 34.8 Å². The number of hydrazine groups is 1. The van der Waals surface area contributed by atoms with Crippen LogP contribution in [0.3, 0.4) is 0 Å². The second-order valence-electron chi connectivity index (χ2n) is 8.51. The first kappa shape index (κ1) is 23.7. The third kappa shape index (κ3) is 4.52. The zero-order valence-corrected chi connectivity index (χ0v) is 20.0. The maximum absolute atomic E-state index is 13.5. The van der Waals surface area contributed by atoms with Crippen LogP contribution in [0.5, 0.6) is 0 Å². The summed E-state index contributed by atoms with van der Waals surface area (Å²) >= 11 is 18.3. The number of benzene rings is 2. The van der Waals surface area contributed by atoms with Crippen LogP contribution < -0.4 is 0 Å². The van der Waals surface area contributed by atoms with Gasteiger partial charge in [0, 0.05) is 10.6 Å². The van der Waals surface area contributed by atoms with Gasteiger partial charge in [-0.3, -0.25) is 19.2 Å². The Hall–Kier alpha value is -2.41. The zero-order valence-electron chi connectivity index (χ0n) is 17.8. The highest BCUT2D eigenvalue weighted by molar-refractivity contribution is 6.37. The quantitative estimate of drug-likeness (QED) is 0.406. The fourth-order valence-electron chi connectivity index (χ4n) is 4.55. The van der Waals surface area contributed by atoms with Crippen LogP contribution in [-0.2, 0) is 9.59 Å². The van der Waals surface area contributed by atoms with Gasteiger partial charge in [-0.2, -0.15) is 5.01 Å². The maximum atomic E-state index is 13.5. The number of amides is 3. The first-order valence-corrected chi connectivity index (χ1v) is 11.7. The summed E-state index contributed by atoms with van der Waals surface area (Å²) in [4.78, 5) is 53.2. The van der Waals surface area contributed by atoms with E-state index in [0.29, 0.717) is 23.8 Å². The van der Waals surface area contributed by atoms with Crippen LogP contribution in [0.1, 0.15) is 46.9 Å². The first-order chi connectivity index (χ1) is 15.7. The Morgan fingerprint density at radius 1 is 0.939 bits per heavy atom. The largest absolute Gasteiger partial charge is 0.292 e. The first-order valence-electron chi connectivity index (χ1n) is 10.6. The van der Waals surface area contributed by atoms with Gasteiger partial charge in [0.1, 0.15) is 6.54 Å². The molecule has 6 nitrogen and oxygen atoms in total. The standard InChI is InChI=1S/C24H21Cl3N2O4/c1-13-6-8-15-18(10-13)24(33)29(23(15)32)28(22(31)17-4-2-3-5-19(17)26)12-21(30)16-9-7-14(25)11-20(16)27/h2-5,7,9,11,13,15,18H,6,8,10,12H2,1H3/t13-,15+,18+/m1/s1. The highest BCUT2D eigenvalue weighted by Crippen LogP contribution is 2.41. The van der Waals surface area contributed by atoms with Gasteiger partial charge in [0.15, 0.2) is 5.78 Å². The summed E-state index contributed by atoms with van der Waals surface area (Å²) in [5.41, 5.74) is 0.209. The van der Waals surface area contributed by atoms with Crippen molar-refractivity contribution in [2.24, 2.45) is 17.8 Å². The number of halogens is 3. The summed E-state index contributed by atoms with van der Waals surface area (Å²) in [6.07, 6.45) is 1.96. The summed E-state index contributed by atoms with van der Waals surface area (Å²) in [7, 11) is 0. The number of fused-ring (bicyclic) bond motifs is 1. The summed E-state index contributed by atoms with van der Waals surface area (Å²) in [5, 5.41) is 2.36. The van der Waals surface area contributed by atoms with Crippen molar-refractivity contribution in [3.63, 3.8) is 0 Å². The van der Waals surface area contributed by atoms with Crippen molar-refractivity contribution >= 4 is 58.3 Å². The maximum Gasteiger partial charge on any atom is 0.274 e. The SMILES string of the molecule is C[C@@H]1CC[C@@H]2C(=O)N(N(CC(=O)c3ccc(Cl)cc3Cl)C(=O)c3ccccc3Cl)C(=O)[C@H]2C1. The molecular formula is C24H21Cl3N2O4. The van der Waals surface area contributed by atoms with Crippen LogP contribution >= 0.6 is 34.8 Å². The van der Waals surface area contributed by atoms with Gasteiger partial charge < -0.3 is 0 Å². The van der Waals surface area contributed by atoms with Crippen LogP contribution in [0.25, 0.3) is 0 Å². The minimum Gasteiger partial charge on any atom is -0.292 e. The van der Waals surface area contributed by atoms with Gasteiger partial charge in [0.05, 0.1) is 27.4 Å². The minimum atomic E-state index is -0.715. The van der Waals surface area contributed by atoms with E-state index >= 15 is 0 Å². The fraction of sp³-hybridized carbons (Fsp3) is 0.333. The molecule has 3 atom stereocenters. The molecule has 2 aromatic carbocycles. The molecule has 0 unspecified atom stereocenters. The average molecular weight is 508 g/mol. The Bertz CT molecular complexity index is 1150. The van der Waals surface area contributed by atoms with Gasteiger partial charge in [-0.25, -0.2) is 5.01 Å². The van der Waals surface area contributed by atoms with Crippen molar-refractivity contribution in [2.45, 2.75) is 26.2 Å². The third-order valence-electron chi connectivity index (χ3n) is 6.27. The number of hydrogen-bond acceptors (Lipinski definition) is 4. The second-order valence-corrected chi connectivity index (χ2v) is 9.76. The monoisotopic (exact) mass is 506 g/mol. The van der Waals surface area contributed by atoms with Crippen molar-refractivity contribution in [3.8, 4) is 0 Å². The number of rotatable bonds is 5. The lowest BCUT2D eigenvalue weighted by atomic mass is 9.76. The predicted molar refractivity (Wildman–Crippen MR) is 125 cm³/mol. The molecule has 33 heavy (non-hydrogen) atoms. The van der Waals surface area contributed by atoms with Gasteiger partial charge in [-0.05, 0) is 55.5 Å². The van der Waals surface area contributed by atoms with E-state index in [1.807, 2.05) is 6.92 Å². The molecule has 1 saturated carbocycles. The molecule has 9 heteroatoms. The van der Waals surface area contributed by atoms with Crippen LogP contribution in [0.4, 0.5) is 0 Å². The molecule has 1 aliphatic heterocycles. The number of imide groups is 1. The molecule has 3 amide bonds. The molecule has 1 heterocycles. The Balaban J connectivity index is 1.72. The summed E-state index contributed by atoms with van der Waals surface area (Å²) in [6.45, 7) is 1.48. The van der Waals surface area contributed by atoms with E-state index in [9.17, 15) is 19.2 Å². The number of carbonyl (C=O) groups is 4. The Morgan fingerprint density at radius 2 is 1.64 bits per heavy atom. The highest BCUT2D eigenvalue weighted by atomic mass is 35.5. The lowest BCUT2D eigenvalue weighted by Gasteiger charge is -2.30. The molecule has 2 aromatic rings. The number of hydrogen-bond donors (Lipinski definition) is 0. The molecule has 0 spiro atoms. The van der Waals surface area contributed by atoms with Crippen LogP contribution in [0, 0.1) is 17.8 Å². The van der Waals surface area contributed by atoms with Crippen molar-refractivity contribution in [3.05, 3.63) is 68.7 Å². The van der Waals surface area contributed by atoms with Gasteiger partial charge >= 0.3 is 0 Å². The molecule has 2 aliphatic rings. The molecule has 1 aliphatic carbocycles. The predicted octanol–water partition coefficient (Wildman–Crippen LogP) is 5.31. The van der Waals surface area contributed by atoms with E-state index < -0.39 is 41.9 Å². The normalized spacial score (nSPS) is 22.3.